The summed E-state index contributed by atoms with van der Waals surface area (Å²) in [5.41, 5.74) is 1.47. The van der Waals surface area contributed by atoms with E-state index in [0.29, 0.717) is 23.5 Å². The Balaban J connectivity index is 1.52. The van der Waals surface area contributed by atoms with Gasteiger partial charge in [0.05, 0.1) is 0 Å². The molecule has 0 aromatic heterocycles. The third-order valence-corrected chi connectivity index (χ3v) is 4.94. The van der Waals surface area contributed by atoms with Crippen molar-refractivity contribution < 1.29 is 19.1 Å². The van der Waals surface area contributed by atoms with Crippen LogP contribution in [0.3, 0.4) is 0 Å². The van der Waals surface area contributed by atoms with E-state index in [0.717, 1.165) is 31.5 Å². The van der Waals surface area contributed by atoms with Gasteiger partial charge in [-0.3, -0.25) is 9.59 Å². The number of rotatable bonds is 5. The molecule has 1 saturated heterocycles. The Morgan fingerprint density at radius 3 is 2.52 bits per heavy atom. The predicted molar refractivity (Wildman–Crippen MR) is 99.8 cm³/mol. The van der Waals surface area contributed by atoms with Crippen molar-refractivity contribution in [1.82, 2.24) is 10.2 Å². The Morgan fingerprint density at radius 2 is 1.74 bits per heavy atom. The minimum absolute atomic E-state index is 0.0227. The number of amides is 2. The molecule has 1 N–H and O–H groups in total. The summed E-state index contributed by atoms with van der Waals surface area (Å²) in [5, 5.41) is 2.92. The average molecular weight is 366 g/mol. The highest BCUT2D eigenvalue weighted by atomic mass is 16.7. The standard InChI is InChI=1S/C21H22N2O4/c24-20(16-8-9-18-19(13-16)27-14-26-18)22-17(12-15-6-2-1-3-7-15)21(25)23-10-4-5-11-23/h1-3,6-9,13,17H,4-5,10-12,14H2,(H,22,24)/t17-/m0/s1. The molecule has 27 heavy (non-hydrogen) atoms. The highest BCUT2D eigenvalue weighted by Gasteiger charge is 2.28. The van der Waals surface area contributed by atoms with Gasteiger partial charge in [0.2, 0.25) is 12.7 Å². The Kier molecular flexibility index (Phi) is 4.96. The summed E-state index contributed by atoms with van der Waals surface area (Å²) in [6, 6.07) is 14.2. The van der Waals surface area contributed by atoms with Crippen LogP contribution in [0.2, 0.25) is 0 Å². The average Bonchev–Trinajstić information content (AvgIpc) is 3.38. The van der Waals surface area contributed by atoms with E-state index < -0.39 is 6.04 Å². The lowest BCUT2D eigenvalue weighted by atomic mass is 10.0. The van der Waals surface area contributed by atoms with E-state index in [4.69, 9.17) is 9.47 Å². The molecule has 0 aliphatic carbocycles. The van der Waals surface area contributed by atoms with Gasteiger partial charge in [0, 0.05) is 25.1 Å². The maximum atomic E-state index is 13.0. The number of fused-ring (bicyclic) bond motifs is 1. The monoisotopic (exact) mass is 366 g/mol. The van der Waals surface area contributed by atoms with Gasteiger partial charge in [0.15, 0.2) is 11.5 Å². The van der Waals surface area contributed by atoms with Crippen molar-refractivity contribution in [1.29, 1.82) is 0 Å². The van der Waals surface area contributed by atoms with E-state index in [1.54, 1.807) is 18.2 Å². The van der Waals surface area contributed by atoms with Gasteiger partial charge in [0.1, 0.15) is 6.04 Å². The third kappa shape index (κ3) is 3.89. The summed E-state index contributed by atoms with van der Waals surface area (Å²) in [6.45, 7) is 1.67. The molecule has 0 unspecified atom stereocenters. The molecule has 2 aliphatic heterocycles. The van der Waals surface area contributed by atoms with Crippen LogP contribution in [0.15, 0.2) is 48.5 Å². The summed E-state index contributed by atoms with van der Waals surface area (Å²) in [5.74, 6) is 0.862. The topological polar surface area (TPSA) is 67.9 Å². The van der Waals surface area contributed by atoms with Crippen molar-refractivity contribution in [3.05, 3.63) is 59.7 Å². The molecule has 6 heteroatoms. The molecule has 0 saturated carbocycles. The highest BCUT2D eigenvalue weighted by Crippen LogP contribution is 2.32. The number of ether oxygens (including phenoxy) is 2. The van der Waals surface area contributed by atoms with Crippen LogP contribution in [0.1, 0.15) is 28.8 Å². The fourth-order valence-corrected chi connectivity index (χ4v) is 3.49. The van der Waals surface area contributed by atoms with Crippen molar-refractivity contribution in [3.8, 4) is 11.5 Å². The Morgan fingerprint density at radius 1 is 1.00 bits per heavy atom. The van der Waals surface area contributed by atoms with Gasteiger partial charge >= 0.3 is 0 Å². The molecule has 140 valence electrons. The number of hydrogen-bond donors (Lipinski definition) is 1. The van der Waals surface area contributed by atoms with Gasteiger partial charge in [-0.05, 0) is 36.6 Å². The Bertz CT molecular complexity index is 831. The maximum absolute atomic E-state index is 13.0. The van der Waals surface area contributed by atoms with Crippen molar-refractivity contribution in [2.24, 2.45) is 0 Å². The van der Waals surface area contributed by atoms with E-state index in [2.05, 4.69) is 5.32 Å². The van der Waals surface area contributed by atoms with Crippen molar-refractivity contribution in [3.63, 3.8) is 0 Å². The van der Waals surface area contributed by atoms with E-state index in [9.17, 15) is 9.59 Å². The normalized spacial score (nSPS) is 16.2. The van der Waals surface area contributed by atoms with E-state index >= 15 is 0 Å². The van der Waals surface area contributed by atoms with Crippen LogP contribution in [-0.2, 0) is 11.2 Å². The minimum atomic E-state index is -0.594. The summed E-state index contributed by atoms with van der Waals surface area (Å²) >= 11 is 0. The molecule has 1 atom stereocenters. The summed E-state index contributed by atoms with van der Waals surface area (Å²) in [7, 11) is 0. The zero-order valence-electron chi connectivity index (χ0n) is 15.0. The zero-order valence-corrected chi connectivity index (χ0v) is 15.0. The number of hydrogen-bond acceptors (Lipinski definition) is 4. The van der Waals surface area contributed by atoms with E-state index in [1.165, 1.54) is 0 Å². The first-order chi connectivity index (χ1) is 13.2. The fourth-order valence-electron chi connectivity index (χ4n) is 3.49. The molecule has 2 aliphatic rings. The second-order valence-electron chi connectivity index (χ2n) is 6.82. The lowest BCUT2D eigenvalue weighted by Crippen LogP contribution is -2.49. The number of carbonyl (C=O) groups is 2. The van der Waals surface area contributed by atoms with Crippen LogP contribution in [0.4, 0.5) is 0 Å². The number of benzene rings is 2. The first-order valence-corrected chi connectivity index (χ1v) is 9.24. The number of likely N-dealkylation sites (tertiary alicyclic amines) is 1. The van der Waals surface area contributed by atoms with Crippen molar-refractivity contribution in [2.75, 3.05) is 19.9 Å². The van der Waals surface area contributed by atoms with Crippen LogP contribution < -0.4 is 14.8 Å². The molecule has 1 fully saturated rings. The lowest BCUT2D eigenvalue weighted by Gasteiger charge is -2.24. The Labute approximate surface area is 158 Å². The number of nitrogens with one attached hydrogen (secondary N) is 1. The number of carbonyl (C=O) groups excluding carboxylic acids is 2. The smallest absolute Gasteiger partial charge is 0.252 e. The van der Waals surface area contributed by atoms with Gasteiger partial charge in [-0.2, -0.15) is 0 Å². The zero-order chi connectivity index (χ0) is 18.6. The van der Waals surface area contributed by atoms with Gasteiger partial charge in [-0.15, -0.1) is 0 Å². The quantitative estimate of drug-likeness (QED) is 0.882. The van der Waals surface area contributed by atoms with Crippen molar-refractivity contribution in [2.45, 2.75) is 25.3 Å². The lowest BCUT2D eigenvalue weighted by molar-refractivity contribution is -0.132. The molecule has 2 aromatic carbocycles. The molecule has 0 spiro atoms. The third-order valence-electron chi connectivity index (χ3n) is 4.94. The van der Waals surface area contributed by atoms with Gasteiger partial charge in [0.25, 0.3) is 5.91 Å². The van der Waals surface area contributed by atoms with Crippen LogP contribution in [0.5, 0.6) is 11.5 Å². The van der Waals surface area contributed by atoms with E-state index in [1.807, 2.05) is 35.2 Å². The SMILES string of the molecule is O=C(N[C@@H](Cc1ccccc1)C(=O)N1CCCC1)c1ccc2c(c1)OCO2. The molecule has 4 rings (SSSR count). The maximum Gasteiger partial charge on any atom is 0.252 e. The molecule has 2 aromatic rings. The molecule has 2 heterocycles. The second kappa shape index (κ2) is 7.70. The summed E-state index contributed by atoms with van der Waals surface area (Å²) in [4.78, 5) is 27.6. The fraction of sp³-hybridized carbons (Fsp3) is 0.333. The van der Waals surface area contributed by atoms with Gasteiger partial charge in [-0.25, -0.2) is 0 Å². The molecule has 0 bridgehead atoms. The number of nitrogens with zero attached hydrogens (tertiary/aromatic N) is 1. The largest absolute Gasteiger partial charge is 0.454 e. The first-order valence-electron chi connectivity index (χ1n) is 9.24. The second-order valence-corrected chi connectivity index (χ2v) is 6.82. The van der Waals surface area contributed by atoms with Crippen LogP contribution in [-0.4, -0.2) is 42.6 Å². The highest BCUT2D eigenvalue weighted by molar-refractivity contribution is 5.98. The molecular formula is C21H22N2O4. The predicted octanol–water partition coefficient (Wildman–Crippen LogP) is 2.38. The van der Waals surface area contributed by atoms with Crippen LogP contribution in [0, 0.1) is 0 Å². The summed E-state index contributed by atoms with van der Waals surface area (Å²) < 4.78 is 10.6. The molecule has 2 amide bonds. The summed E-state index contributed by atoms with van der Waals surface area (Å²) in [6.07, 6.45) is 2.49. The Hall–Kier alpha value is -3.02. The molecule has 0 radical (unpaired) electrons. The van der Waals surface area contributed by atoms with Gasteiger partial charge < -0.3 is 19.7 Å². The van der Waals surface area contributed by atoms with E-state index in [-0.39, 0.29) is 18.6 Å². The van der Waals surface area contributed by atoms with Gasteiger partial charge in [-0.1, -0.05) is 30.3 Å². The first kappa shape index (κ1) is 17.4. The molecular weight excluding hydrogens is 344 g/mol. The van der Waals surface area contributed by atoms with Crippen molar-refractivity contribution >= 4 is 11.8 Å². The molecule has 6 nitrogen and oxygen atoms in total. The van der Waals surface area contributed by atoms with Crippen LogP contribution >= 0.6 is 0 Å². The van der Waals surface area contributed by atoms with Crippen LogP contribution in [0.25, 0.3) is 0 Å². The minimum Gasteiger partial charge on any atom is -0.454 e.